The number of hydrogen-bond acceptors (Lipinski definition) is 2. The van der Waals surface area contributed by atoms with Gasteiger partial charge in [0.25, 0.3) is 0 Å². The number of hydrogen-bond donors (Lipinski definition) is 1. The second-order valence-corrected chi connectivity index (χ2v) is 6.48. The van der Waals surface area contributed by atoms with Gasteiger partial charge in [-0.15, -0.1) is 0 Å². The first-order valence-corrected chi connectivity index (χ1v) is 7.70. The number of fused-ring (bicyclic) bond motifs is 2. The molecule has 0 saturated carbocycles. The monoisotopic (exact) mass is 383 g/mol. The molecule has 0 fully saturated rings. The van der Waals surface area contributed by atoms with E-state index in [1.165, 1.54) is 0 Å². The molecular weight excluding hydrogens is 374 g/mol. The van der Waals surface area contributed by atoms with E-state index >= 15 is 0 Å². The summed E-state index contributed by atoms with van der Waals surface area (Å²) in [6, 6.07) is 3.74. The normalized spacial score (nSPS) is 14.4. The SMILES string of the molecule is O=C(O)c1c2c(nc3c(Br)cc(Br)cc13)CCCC2. The standard InChI is InChI=1S/C14H11Br2NO2/c15-7-5-9-12(14(18)19)8-3-1-2-4-11(8)17-13(9)10(16)6-7/h5-6H,1-4H2,(H,18,19). The molecule has 0 radical (unpaired) electrons. The molecule has 98 valence electrons. The maximum absolute atomic E-state index is 11.7. The van der Waals surface area contributed by atoms with Gasteiger partial charge in [-0.3, -0.25) is 4.98 Å². The van der Waals surface area contributed by atoms with Gasteiger partial charge in [-0.25, -0.2) is 4.79 Å². The largest absolute Gasteiger partial charge is 0.478 e. The molecule has 1 N–H and O–H groups in total. The first-order chi connectivity index (χ1) is 9.08. The van der Waals surface area contributed by atoms with Crippen molar-refractivity contribution < 1.29 is 9.90 Å². The summed E-state index contributed by atoms with van der Waals surface area (Å²) >= 11 is 6.89. The Hall–Kier alpha value is -0.940. The Balaban J connectivity index is 2.46. The van der Waals surface area contributed by atoms with E-state index in [0.29, 0.717) is 10.9 Å². The molecule has 3 rings (SSSR count). The maximum atomic E-state index is 11.7. The number of carboxylic acid groups (broad SMARTS) is 1. The summed E-state index contributed by atoms with van der Waals surface area (Å²) in [6.07, 6.45) is 3.80. The summed E-state index contributed by atoms with van der Waals surface area (Å²) < 4.78 is 1.68. The number of carbonyl (C=O) groups is 1. The van der Waals surface area contributed by atoms with Gasteiger partial charge in [0.05, 0.1) is 11.1 Å². The zero-order valence-electron chi connectivity index (χ0n) is 10.0. The van der Waals surface area contributed by atoms with E-state index in [9.17, 15) is 9.90 Å². The number of aromatic carboxylic acids is 1. The third kappa shape index (κ3) is 2.19. The molecule has 0 atom stereocenters. The molecule has 5 heteroatoms. The summed E-state index contributed by atoms with van der Waals surface area (Å²) in [5.41, 5.74) is 3.01. The minimum atomic E-state index is -0.865. The molecule has 1 heterocycles. The molecule has 0 unspecified atom stereocenters. The molecule has 1 aliphatic carbocycles. The lowest BCUT2D eigenvalue weighted by Gasteiger charge is -2.19. The van der Waals surface area contributed by atoms with Crippen molar-refractivity contribution in [1.82, 2.24) is 4.98 Å². The highest BCUT2D eigenvalue weighted by Gasteiger charge is 2.23. The summed E-state index contributed by atoms with van der Waals surface area (Å²) in [6.45, 7) is 0. The van der Waals surface area contributed by atoms with Crippen LogP contribution in [0.4, 0.5) is 0 Å². The highest BCUT2D eigenvalue weighted by atomic mass is 79.9. The van der Waals surface area contributed by atoms with Crippen molar-refractivity contribution in [2.24, 2.45) is 0 Å². The van der Waals surface area contributed by atoms with Crippen molar-refractivity contribution in [3.05, 3.63) is 37.9 Å². The number of pyridine rings is 1. The summed E-state index contributed by atoms with van der Waals surface area (Å²) in [5, 5.41) is 10.3. The fourth-order valence-corrected chi connectivity index (χ4v) is 4.01. The van der Waals surface area contributed by atoms with Crippen molar-refractivity contribution in [3.8, 4) is 0 Å². The number of aryl methyl sites for hydroxylation is 1. The van der Waals surface area contributed by atoms with Crippen LogP contribution in [-0.2, 0) is 12.8 Å². The molecule has 0 aliphatic heterocycles. The van der Waals surface area contributed by atoms with Crippen LogP contribution in [0.2, 0.25) is 0 Å². The van der Waals surface area contributed by atoms with Crippen LogP contribution in [0.3, 0.4) is 0 Å². The molecule has 19 heavy (non-hydrogen) atoms. The van der Waals surface area contributed by atoms with E-state index in [-0.39, 0.29) is 0 Å². The fourth-order valence-electron chi connectivity index (χ4n) is 2.69. The minimum absolute atomic E-state index is 0.418. The van der Waals surface area contributed by atoms with E-state index in [4.69, 9.17) is 0 Å². The zero-order chi connectivity index (χ0) is 13.6. The van der Waals surface area contributed by atoms with E-state index in [1.807, 2.05) is 12.1 Å². The van der Waals surface area contributed by atoms with Gasteiger partial charge in [-0.05, 0) is 59.3 Å². The van der Waals surface area contributed by atoms with Gasteiger partial charge in [0.15, 0.2) is 0 Å². The first kappa shape index (κ1) is 13.1. The Bertz CT molecular complexity index is 698. The Morgan fingerprint density at radius 3 is 2.68 bits per heavy atom. The van der Waals surface area contributed by atoms with Crippen molar-refractivity contribution in [2.45, 2.75) is 25.7 Å². The summed E-state index contributed by atoms with van der Waals surface area (Å²) in [5.74, 6) is -0.865. The van der Waals surface area contributed by atoms with Gasteiger partial charge >= 0.3 is 5.97 Å². The second-order valence-electron chi connectivity index (χ2n) is 4.71. The quantitative estimate of drug-likeness (QED) is 0.795. The average Bonchev–Trinajstić information content (AvgIpc) is 2.36. The Morgan fingerprint density at radius 2 is 1.95 bits per heavy atom. The third-order valence-corrected chi connectivity index (χ3v) is 4.56. The highest BCUT2D eigenvalue weighted by molar-refractivity contribution is 9.11. The molecule has 2 aromatic rings. The molecule has 0 bridgehead atoms. The molecule has 1 aromatic heterocycles. The third-order valence-electron chi connectivity index (χ3n) is 3.50. The van der Waals surface area contributed by atoms with E-state index in [0.717, 1.165) is 51.4 Å². The highest BCUT2D eigenvalue weighted by Crippen LogP contribution is 2.34. The van der Waals surface area contributed by atoms with Crippen LogP contribution in [0.5, 0.6) is 0 Å². The summed E-state index contributed by atoms with van der Waals surface area (Å²) in [4.78, 5) is 16.3. The lowest BCUT2D eigenvalue weighted by atomic mass is 9.90. The number of carboxylic acids is 1. The fraction of sp³-hybridized carbons (Fsp3) is 0.286. The van der Waals surface area contributed by atoms with Crippen LogP contribution in [-0.4, -0.2) is 16.1 Å². The predicted octanol–water partition coefficient (Wildman–Crippen LogP) is 4.34. The molecular formula is C14H11Br2NO2. The van der Waals surface area contributed by atoms with Gasteiger partial charge in [0.1, 0.15) is 0 Å². The van der Waals surface area contributed by atoms with E-state index in [2.05, 4.69) is 36.8 Å². The zero-order valence-corrected chi connectivity index (χ0v) is 13.2. The van der Waals surface area contributed by atoms with Gasteiger partial charge in [0, 0.05) is 20.0 Å². The number of aromatic nitrogens is 1. The maximum Gasteiger partial charge on any atom is 0.336 e. The van der Waals surface area contributed by atoms with Gasteiger partial charge in [-0.2, -0.15) is 0 Å². The number of nitrogens with zero attached hydrogens (tertiary/aromatic N) is 1. The van der Waals surface area contributed by atoms with Crippen LogP contribution in [0.25, 0.3) is 10.9 Å². The first-order valence-electron chi connectivity index (χ1n) is 6.11. The summed E-state index contributed by atoms with van der Waals surface area (Å²) in [7, 11) is 0. The Kier molecular flexibility index (Phi) is 3.35. The predicted molar refractivity (Wildman–Crippen MR) is 80.7 cm³/mol. The van der Waals surface area contributed by atoms with Crippen LogP contribution in [0.1, 0.15) is 34.5 Å². The second kappa shape index (κ2) is 4.87. The van der Waals surface area contributed by atoms with Crippen LogP contribution in [0, 0.1) is 0 Å². The van der Waals surface area contributed by atoms with Gasteiger partial charge in [0.2, 0.25) is 0 Å². The number of halogens is 2. The van der Waals surface area contributed by atoms with E-state index < -0.39 is 5.97 Å². The average molecular weight is 385 g/mol. The van der Waals surface area contributed by atoms with Crippen LogP contribution in [0.15, 0.2) is 21.1 Å². The molecule has 3 nitrogen and oxygen atoms in total. The van der Waals surface area contributed by atoms with Gasteiger partial charge < -0.3 is 5.11 Å². The molecule has 0 amide bonds. The van der Waals surface area contributed by atoms with Crippen molar-refractivity contribution in [1.29, 1.82) is 0 Å². The van der Waals surface area contributed by atoms with Gasteiger partial charge in [-0.1, -0.05) is 15.9 Å². The molecule has 1 aliphatic rings. The van der Waals surface area contributed by atoms with Crippen molar-refractivity contribution in [3.63, 3.8) is 0 Å². The molecule has 0 spiro atoms. The lowest BCUT2D eigenvalue weighted by Crippen LogP contribution is -2.13. The van der Waals surface area contributed by atoms with Crippen molar-refractivity contribution in [2.75, 3.05) is 0 Å². The Morgan fingerprint density at radius 1 is 1.21 bits per heavy atom. The van der Waals surface area contributed by atoms with Crippen molar-refractivity contribution >= 4 is 48.7 Å². The number of rotatable bonds is 1. The minimum Gasteiger partial charge on any atom is -0.478 e. The van der Waals surface area contributed by atoms with E-state index in [1.54, 1.807) is 0 Å². The van der Waals surface area contributed by atoms with Crippen LogP contribution < -0.4 is 0 Å². The topological polar surface area (TPSA) is 50.2 Å². The Labute approximate surface area is 127 Å². The number of benzene rings is 1. The molecule has 1 aromatic carbocycles. The molecule has 0 saturated heterocycles. The van der Waals surface area contributed by atoms with Crippen LogP contribution >= 0.6 is 31.9 Å². The smallest absolute Gasteiger partial charge is 0.336 e. The lowest BCUT2D eigenvalue weighted by molar-refractivity contribution is 0.0697.